The van der Waals surface area contributed by atoms with E-state index in [0.29, 0.717) is 17.9 Å². The molecule has 1 aliphatic carbocycles. The van der Waals surface area contributed by atoms with E-state index in [9.17, 15) is 9.59 Å². The van der Waals surface area contributed by atoms with Crippen LogP contribution in [0.25, 0.3) is 0 Å². The third-order valence-electron chi connectivity index (χ3n) is 6.77. The molecule has 29 heavy (non-hydrogen) atoms. The van der Waals surface area contributed by atoms with Crippen LogP contribution in [-0.4, -0.2) is 11.6 Å². The molecule has 1 fully saturated rings. The van der Waals surface area contributed by atoms with Crippen LogP contribution in [0.5, 0.6) is 0 Å². The second kappa shape index (κ2) is 13.7. The van der Waals surface area contributed by atoms with Crippen LogP contribution in [0.4, 0.5) is 0 Å². The molecule has 1 saturated carbocycles. The van der Waals surface area contributed by atoms with Gasteiger partial charge in [-0.25, -0.2) is 0 Å². The zero-order valence-corrected chi connectivity index (χ0v) is 18.9. The molecule has 0 spiro atoms. The molecule has 2 heteroatoms. The Balaban J connectivity index is 1.63. The number of hydrogen-bond acceptors (Lipinski definition) is 2. The summed E-state index contributed by atoms with van der Waals surface area (Å²) in [5, 5.41) is 0. The maximum Gasteiger partial charge on any atom is 0.170 e. The summed E-state index contributed by atoms with van der Waals surface area (Å²) in [4.78, 5) is 23.6. The molecule has 2 nitrogen and oxygen atoms in total. The Bertz CT molecular complexity index is 593. The number of rotatable bonds is 14. The maximum absolute atomic E-state index is 12.1. The van der Waals surface area contributed by atoms with E-state index in [0.717, 1.165) is 5.92 Å². The van der Waals surface area contributed by atoms with Gasteiger partial charge in [-0.3, -0.25) is 9.59 Å². The van der Waals surface area contributed by atoms with E-state index in [1.807, 2.05) is 19.1 Å². The predicted octanol–water partition coefficient (Wildman–Crippen LogP) is 8.04. The summed E-state index contributed by atoms with van der Waals surface area (Å²) in [6, 6.07) is 8.08. The SMILES string of the molecule is CCCCCCCCCCC1CCC(c2ccc(C(=O)CC(=O)CC)cc2)CC1. The van der Waals surface area contributed by atoms with Gasteiger partial charge in [0.1, 0.15) is 5.78 Å². The number of unbranched alkanes of at least 4 members (excludes halogenated alkanes) is 7. The first-order valence-corrected chi connectivity index (χ1v) is 12.3. The van der Waals surface area contributed by atoms with Crippen molar-refractivity contribution in [3.05, 3.63) is 35.4 Å². The molecule has 0 saturated heterocycles. The first-order valence-electron chi connectivity index (χ1n) is 12.3. The minimum absolute atomic E-state index is 0.0221. The van der Waals surface area contributed by atoms with Crippen LogP contribution in [0.15, 0.2) is 24.3 Å². The van der Waals surface area contributed by atoms with E-state index in [-0.39, 0.29) is 18.0 Å². The quantitative estimate of drug-likeness (QED) is 0.180. The fourth-order valence-corrected chi connectivity index (χ4v) is 4.70. The van der Waals surface area contributed by atoms with E-state index in [2.05, 4.69) is 19.1 Å². The second-order valence-electron chi connectivity index (χ2n) is 9.10. The fourth-order valence-electron chi connectivity index (χ4n) is 4.70. The van der Waals surface area contributed by atoms with Crippen molar-refractivity contribution in [2.75, 3.05) is 0 Å². The molecular formula is C27H42O2. The lowest BCUT2D eigenvalue weighted by atomic mass is 9.77. The molecule has 0 amide bonds. The molecule has 1 aromatic carbocycles. The van der Waals surface area contributed by atoms with Gasteiger partial charge in [0.05, 0.1) is 6.42 Å². The Labute approximate surface area is 178 Å². The monoisotopic (exact) mass is 398 g/mol. The van der Waals surface area contributed by atoms with Crippen molar-refractivity contribution in [1.82, 2.24) is 0 Å². The Morgan fingerprint density at radius 1 is 0.793 bits per heavy atom. The standard InChI is InChI=1S/C27H42O2/c1-3-5-6-7-8-9-10-11-12-22-13-15-23(16-14-22)24-17-19-25(20-18-24)27(29)21-26(28)4-2/h17-20,22-23H,3-16,21H2,1-2H3. The van der Waals surface area contributed by atoms with Crippen molar-refractivity contribution in [1.29, 1.82) is 0 Å². The van der Waals surface area contributed by atoms with Crippen LogP contribution in [0, 0.1) is 5.92 Å². The molecular weight excluding hydrogens is 356 g/mol. The Morgan fingerprint density at radius 3 is 1.97 bits per heavy atom. The lowest BCUT2D eigenvalue weighted by Crippen LogP contribution is -2.13. The first kappa shape index (κ1) is 23.8. The molecule has 0 bridgehead atoms. The van der Waals surface area contributed by atoms with Crippen molar-refractivity contribution in [3.63, 3.8) is 0 Å². The van der Waals surface area contributed by atoms with Gasteiger partial charge in [-0.15, -0.1) is 0 Å². The van der Waals surface area contributed by atoms with Crippen LogP contribution in [0.1, 0.15) is 132 Å². The third-order valence-corrected chi connectivity index (χ3v) is 6.77. The summed E-state index contributed by atoms with van der Waals surface area (Å²) in [7, 11) is 0. The molecule has 0 N–H and O–H groups in total. The first-order chi connectivity index (χ1) is 14.1. The Morgan fingerprint density at radius 2 is 1.38 bits per heavy atom. The Kier molecular flexibility index (Phi) is 11.3. The second-order valence-corrected chi connectivity index (χ2v) is 9.10. The average molecular weight is 399 g/mol. The summed E-state index contributed by atoms with van der Waals surface area (Å²) in [6.45, 7) is 4.09. The number of ketones is 2. The van der Waals surface area contributed by atoms with E-state index < -0.39 is 0 Å². The third kappa shape index (κ3) is 8.84. The van der Waals surface area contributed by atoms with Gasteiger partial charge >= 0.3 is 0 Å². The van der Waals surface area contributed by atoms with Crippen molar-refractivity contribution in [2.24, 2.45) is 5.92 Å². The van der Waals surface area contributed by atoms with Crippen molar-refractivity contribution in [3.8, 4) is 0 Å². The van der Waals surface area contributed by atoms with Gasteiger partial charge in [-0.05, 0) is 43.1 Å². The predicted molar refractivity (Wildman–Crippen MR) is 123 cm³/mol. The number of carbonyl (C=O) groups excluding carboxylic acids is 2. The lowest BCUT2D eigenvalue weighted by molar-refractivity contribution is -0.117. The van der Waals surface area contributed by atoms with Gasteiger partial charge in [-0.2, -0.15) is 0 Å². The summed E-state index contributed by atoms with van der Waals surface area (Å²) >= 11 is 0. The number of carbonyl (C=O) groups is 2. The minimum atomic E-state index is -0.0440. The van der Waals surface area contributed by atoms with Crippen LogP contribution < -0.4 is 0 Å². The van der Waals surface area contributed by atoms with Gasteiger partial charge < -0.3 is 0 Å². The van der Waals surface area contributed by atoms with E-state index in [4.69, 9.17) is 0 Å². The molecule has 0 atom stereocenters. The highest BCUT2D eigenvalue weighted by Crippen LogP contribution is 2.37. The average Bonchev–Trinajstić information content (AvgIpc) is 2.76. The molecule has 0 unspecified atom stereocenters. The molecule has 1 aliphatic rings. The van der Waals surface area contributed by atoms with E-state index in [1.54, 1.807) is 0 Å². The molecule has 162 valence electrons. The molecule has 2 rings (SSSR count). The molecule has 0 radical (unpaired) electrons. The van der Waals surface area contributed by atoms with Crippen molar-refractivity contribution in [2.45, 2.75) is 116 Å². The highest BCUT2D eigenvalue weighted by Gasteiger charge is 2.22. The normalized spacial score (nSPS) is 19.2. The van der Waals surface area contributed by atoms with E-state index in [1.165, 1.54) is 89.0 Å². The molecule has 0 heterocycles. The van der Waals surface area contributed by atoms with Crippen LogP contribution in [0.2, 0.25) is 0 Å². The minimum Gasteiger partial charge on any atom is -0.299 e. The van der Waals surface area contributed by atoms with E-state index >= 15 is 0 Å². The fraction of sp³-hybridized carbons (Fsp3) is 0.704. The van der Waals surface area contributed by atoms with Gasteiger partial charge in [0.2, 0.25) is 0 Å². The summed E-state index contributed by atoms with van der Waals surface area (Å²) in [6.07, 6.45) is 18.4. The van der Waals surface area contributed by atoms with Crippen molar-refractivity contribution < 1.29 is 9.59 Å². The van der Waals surface area contributed by atoms with Gasteiger partial charge in [0.25, 0.3) is 0 Å². The highest BCUT2D eigenvalue weighted by molar-refractivity contribution is 6.07. The topological polar surface area (TPSA) is 34.1 Å². The lowest BCUT2D eigenvalue weighted by Gasteiger charge is -2.29. The van der Waals surface area contributed by atoms with Gasteiger partial charge in [0, 0.05) is 12.0 Å². The Hall–Kier alpha value is -1.44. The number of Topliss-reactive ketones (excluding diaryl/α,β-unsaturated/α-hetero) is 2. The zero-order valence-electron chi connectivity index (χ0n) is 18.9. The van der Waals surface area contributed by atoms with Gasteiger partial charge in [-0.1, -0.05) is 95.9 Å². The maximum atomic E-state index is 12.1. The van der Waals surface area contributed by atoms with Gasteiger partial charge in [0.15, 0.2) is 5.78 Å². The summed E-state index contributed by atoms with van der Waals surface area (Å²) in [5.74, 6) is 1.55. The zero-order chi connectivity index (χ0) is 20.9. The van der Waals surface area contributed by atoms with Crippen LogP contribution in [-0.2, 0) is 4.79 Å². The van der Waals surface area contributed by atoms with Crippen molar-refractivity contribution >= 4 is 11.6 Å². The van der Waals surface area contributed by atoms with Crippen LogP contribution >= 0.6 is 0 Å². The van der Waals surface area contributed by atoms with Crippen LogP contribution in [0.3, 0.4) is 0 Å². The summed E-state index contributed by atoms with van der Waals surface area (Å²) < 4.78 is 0. The number of hydrogen-bond donors (Lipinski definition) is 0. The summed E-state index contributed by atoms with van der Waals surface area (Å²) in [5.41, 5.74) is 2.05. The molecule has 0 aromatic heterocycles. The molecule has 0 aliphatic heterocycles. The molecule has 1 aromatic rings. The highest BCUT2D eigenvalue weighted by atomic mass is 16.1. The largest absolute Gasteiger partial charge is 0.299 e. The number of benzene rings is 1. The smallest absolute Gasteiger partial charge is 0.170 e.